The van der Waals surface area contributed by atoms with E-state index in [-0.39, 0.29) is 6.61 Å². The van der Waals surface area contributed by atoms with E-state index in [2.05, 4.69) is 0 Å². The molecule has 3 aromatic carbocycles. The highest BCUT2D eigenvalue weighted by Crippen LogP contribution is 2.23. The third kappa shape index (κ3) is 6.64. The van der Waals surface area contributed by atoms with Crippen molar-refractivity contribution < 1.29 is 23.8 Å². The zero-order chi connectivity index (χ0) is 21.2. The topological polar surface area (TPSA) is 61.8 Å². The van der Waals surface area contributed by atoms with Gasteiger partial charge in [-0.25, -0.2) is 9.59 Å². The van der Waals surface area contributed by atoms with Crippen molar-refractivity contribution in [2.24, 2.45) is 0 Å². The van der Waals surface area contributed by atoms with Crippen LogP contribution >= 0.6 is 11.6 Å². The molecule has 0 saturated carbocycles. The molecule has 0 bridgehead atoms. The largest absolute Gasteiger partial charge is 0.480 e. The molecule has 0 radical (unpaired) electrons. The number of para-hydroxylation sites is 1. The molecule has 5 nitrogen and oxygen atoms in total. The van der Waals surface area contributed by atoms with Gasteiger partial charge in [-0.1, -0.05) is 54.1 Å². The van der Waals surface area contributed by atoms with E-state index < -0.39 is 11.9 Å². The average Bonchev–Trinajstić information content (AvgIpc) is 2.77. The van der Waals surface area contributed by atoms with Crippen molar-refractivity contribution in [3.8, 4) is 11.5 Å². The minimum absolute atomic E-state index is 0.283. The van der Waals surface area contributed by atoms with Crippen molar-refractivity contribution in [1.29, 1.82) is 0 Å². The summed E-state index contributed by atoms with van der Waals surface area (Å²) in [6, 6.07) is 23.1. The lowest BCUT2D eigenvalue weighted by molar-refractivity contribution is -0.136. The first kappa shape index (κ1) is 21.4. The number of hydrogen-bond acceptors (Lipinski definition) is 5. The van der Waals surface area contributed by atoms with E-state index >= 15 is 0 Å². The lowest BCUT2D eigenvalue weighted by Gasteiger charge is -2.08. The maximum atomic E-state index is 12.1. The number of aryl methyl sites for hydroxylation is 1. The summed E-state index contributed by atoms with van der Waals surface area (Å²) >= 11 is 5.97. The molecule has 0 saturated heterocycles. The summed E-state index contributed by atoms with van der Waals surface area (Å²) < 4.78 is 15.8. The van der Waals surface area contributed by atoms with Crippen LogP contribution in [-0.2, 0) is 16.0 Å². The van der Waals surface area contributed by atoms with Crippen LogP contribution in [0.15, 0.2) is 78.9 Å². The van der Waals surface area contributed by atoms with E-state index in [9.17, 15) is 9.59 Å². The van der Waals surface area contributed by atoms with Gasteiger partial charge in [-0.2, -0.15) is 0 Å². The Balaban J connectivity index is 1.40. The lowest BCUT2D eigenvalue weighted by Crippen LogP contribution is -2.17. The average molecular weight is 425 g/mol. The monoisotopic (exact) mass is 424 g/mol. The van der Waals surface area contributed by atoms with Crippen LogP contribution < -0.4 is 9.47 Å². The fourth-order valence-electron chi connectivity index (χ4n) is 2.69. The molecule has 3 aromatic rings. The zero-order valence-electron chi connectivity index (χ0n) is 16.3. The second-order valence-electron chi connectivity index (χ2n) is 6.44. The van der Waals surface area contributed by atoms with Crippen LogP contribution in [0.3, 0.4) is 0 Å². The maximum absolute atomic E-state index is 12.1. The molecule has 0 spiro atoms. The Labute approximate surface area is 180 Å². The number of benzene rings is 3. The minimum Gasteiger partial charge on any atom is -0.480 e. The molecule has 0 N–H and O–H groups in total. The van der Waals surface area contributed by atoms with Gasteiger partial charge in [0.15, 0.2) is 6.61 Å². The van der Waals surface area contributed by atoms with Crippen LogP contribution in [-0.4, -0.2) is 25.2 Å². The Kier molecular flexibility index (Phi) is 7.86. The van der Waals surface area contributed by atoms with E-state index in [1.807, 2.05) is 30.3 Å². The quantitative estimate of drug-likeness (QED) is 0.271. The normalized spacial score (nSPS) is 10.3. The molecule has 0 aromatic heterocycles. The van der Waals surface area contributed by atoms with E-state index in [4.69, 9.17) is 25.8 Å². The van der Waals surface area contributed by atoms with Crippen molar-refractivity contribution in [3.63, 3.8) is 0 Å². The van der Waals surface area contributed by atoms with Gasteiger partial charge in [-0.05, 0) is 54.8 Å². The smallest absolute Gasteiger partial charge is 0.349 e. The highest BCUT2D eigenvalue weighted by atomic mass is 35.5. The first-order valence-electron chi connectivity index (χ1n) is 9.51. The minimum atomic E-state index is -0.578. The van der Waals surface area contributed by atoms with Crippen LogP contribution in [0.2, 0.25) is 5.02 Å². The van der Waals surface area contributed by atoms with Gasteiger partial charge < -0.3 is 14.2 Å². The molecule has 0 aliphatic rings. The van der Waals surface area contributed by atoms with Gasteiger partial charge in [0, 0.05) is 0 Å². The standard InChI is InChI=1S/C24H21ClO5/c25-21-10-4-5-11-22(21)29-17-23(26)30-20-14-12-19(13-15-20)24(27)28-16-6-9-18-7-2-1-3-8-18/h1-5,7-8,10-15H,6,9,16-17H2. The first-order valence-corrected chi connectivity index (χ1v) is 9.89. The van der Waals surface area contributed by atoms with Crippen molar-refractivity contribution in [3.05, 3.63) is 95.0 Å². The van der Waals surface area contributed by atoms with Gasteiger partial charge in [-0.3, -0.25) is 0 Å². The Bertz CT molecular complexity index is 970. The molecule has 0 fully saturated rings. The number of rotatable bonds is 9. The molecule has 0 amide bonds. The molecule has 0 atom stereocenters. The Hall–Kier alpha value is -3.31. The number of esters is 2. The number of halogens is 1. The predicted octanol–water partition coefficient (Wildman–Crippen LogP) is 5.11. The molecule has 30 heavy (non-hydrogen) atoms. The summed E-state index contributed by atoms with van der Waals surface area (Å²) in [5.74, 6) is -0.279. The predicted molar refractivity (Wildman–Crippen MR) is 114 cm³/mol. The maximum Gasteiger partial charge on any atom is 0.349 e. The summed E-state index contributed by atoms with van der Waals surface area (Å²) in [6.07, 6.45) is 1.59. The molecule has 3 rings (SSSR count). The summed E-state index contributed by atoms with van der Waals surface area (Å²) in [5.41, 5.74) is 1.60. The fraction of sp³-hybridized carbons (Fsp3) is 0.167. The van der Waals surface area contributed by atoms with Crippen LogP contribution in [0, 0.1) is 0 Å². The lowest BCUT2D eigenvalue weighted by atomic mass is 10.1. The summed E-state index contributed by atoms with van der Waals surface area (Å²) in [6.45, 7) is 0.0544. The highest BCUT2D eigenvalue weighted by Gasteiger charge is 2.10. The SMILES string of the molecule is O=C(COc1ccccc1Cl)Oc1ccc(C(=O)OCCCc2ccccc2)cc1. The third-order valence-corrected chi connectivity index (χ3v) is 4.50. The fourth-order valence-corrected chi connectivity index (χ4v) is 2.88. The molecular weight excluding hydrogens is 404 g/mol. The van der Waals surface area contributed by atoms with E-state index in [0.29, 0.717) is 28.7 Å². The third-order valence-electron chi connectivity index (χ3n) is 4.19. The second-order valence-corrected chi connectivity index (χ2v) is 6.85. The van der Waals surface area contributed by atoms with Gasteiger partial charge in [-0.15, -0.1) is 0 Å². The first-order chi connectivity index (χ1) is 14.6. The number of ether oxygens (including phenoxy) is 3. The van der Waals surface area contributed by atoms with Gasteiger partial charge in [0.1, 0.15) is 11.5 Å². The molecule has 0 heterocycles. The zero-order valence-corrected chi connectivity index (χ0v) is 17.0. The van der Waals surface area contributed by atoms with Crippen molar-refractivity contribution in [2.45, 2.75) is 12.8 Å². The molecule has 0 unspecified atom stereocenters. The van der Waals surface area contributed by atoms with Crippen molar-refractivity contribution >= 4 is 23.5 Å². The Morgan fingerprint density at radius 1 is 0.833 bits per heavy atom. The summed E-state index contributed by atoms with van der Waals surface area (Å²) in [7, 11) is 0. The van der Waals surface area contributed by atoms with Crippen molar-refractivity contribution in [1.82, 2.24) is 0 Å². The summed E-state index contributed by atoms with van der Waals surface area (Å²) in [4.78, 5) is 24.0. The van der Waals surface area contributed by atoms with Gasteiger partial charge in [0.05, 0.1) is 17.2 Å². The molecular formula is C24H21ClO5. The Morgan fingerprint density at radius 3 is 2.27 bits per heavy atom. The summed E-state index contributed by atoms with van der Waals surface area (Å²) in [5, 5.41) is 0.414. The van der Waals surface area contributed by atoms with E-state index in [1.165, 1.54) is 17.7 Å². The van der Waals surface area contributed by atoms with Crippen LogP contribution in [0.5, 0.6) is 11.5 Å². The van der Waals surface area contributed by atoms with Gasteiger partial charge in [0.25, 0.3) is 0 Å². The van der Waals surface area contributed by atoms with Gasteiger partial charge in [0.2, 0.25) is 0 Å². The van der Waals surface area contributed by atoms with Crippen LogP contribution in [0.4, 0.5) is 0 Å². The second kappa shape index (κ2) is 11.0. The molecule has 0 aliphatic carbocycles. The van der Waals surface area contributed by atoms with Gasteiger partial charge >= 0.3 is 11.9 Å². The molecule has 154 valence electrons. The van der Waals surface area contributed by atoms with E-state index in [0.717, 1.165) is 12.8 Å². The number of hydrogen-bond donors (Lipinski definition) is 0. The number of carbonyl (C=O) groups is 2. The molecule has 6 heteroatoms. The highest BCUT2D eigenvalue weighted by molar-refractivity contribution is 6.32. The van der Waals surface area contributed by atoms with Crippen LogP contribution in [0.25, 0.3) is 0 Å². The van der Waals surface area contributed by atoms with Crippen molar-refractivity contribution in [2.75, 3.05) is 13.2 Å². The Morgan fingerprint density at radius 2 is 1.53 bits per heavy atom. The number of carbonyl (C=O) groups excluding carboxylic acids is 2. The molecule has 0 aliphatic heterocycles. The van der Waals surface area contributed by atoms with E-state index in [1.54, 1.807) is 36.4 Å². The van der Waals surface area contributed by atoms with Crippen LogP contribution in [0.1, 0.15) is 22.3 Å².